The molecule has 1 unspecified atom stereocenters. The fraction of sp³-hybridized carbons (Fsp3) is 0.591. The third kappa shape index (κ3) is 7.86. The molecule has 1 amide bonds. The summed E-state index contributed by atoms with van der Waals surface area (Å²) in [5.41, 5.74) is -2.30. The highest BCUT2D eigenvalue weighted by Crippen LogP contribution is 2.37. The van der Waals surface area contributed by atoms with Gasteiger partial charge in [0.1, 0.15) is 12.4 Å². The second-order valence-corrected chi connectivity index (χ2v) is 8.23. The van der Waals surface area contributed by atoms with Gasteiger partial charge < -0.3 is 29.0 Å². The fourth-order valence-corrected chi connectivity index (χ4v) is 3.39. The average molecular weight is 488 g/mol. The summed E-state index contributed by atoms with van der Waals surface area (Å²) in [4.78, 5) is 24.7. The molecule has 2 rings (SSSR count). The number of amides is 1. The van der Waals surface area contributed by atoms with Gasteiger partial charge in [-0.15, -0.1) is 0 Å². The third-order valence-corrected chi connectivity index (χ3v) is 4.99. The maximum Gasteiger partial charge on any atom is 0.417 e. The van der Waals surface area contributed by atoms with Crippen LogP contribution in [0.15, 0.2) is 18.2 Å². The number of alkyl halides is 3. The molecule has 34 heavy (non-hydrogen) atoms. The van der Waals surface area contributed by atoms with Crippen LogP contribution >= 0.6 is 0 Å². The number of aliphatic carboxylic acids is 1. The van der Waals surface area contributed by atoms with Crippen molar-refractivity contribution in [3.05, 3.63) is 29.3 Å². The van der Waals surface area contributed by atoms with Gasteiger partial charge in [0, 0.05) is 18.5 Å². The van der Waals surface area contributed by atoms with E-state index in [0.717, 1.165) is 12.1 Å². The lowest BCUT2D eigenvalue weighted by Crippen LogP contribution is -2.37. The van der Waals surface area contributed by atoms with Gasteiger partial charge in [0.25, 0.3) is 5.91 Å². The van der Waals surface area contributed by atoms with Crippen molar-refractivity contribution in [2.24, 2.45) is 5.41 Å². The number of rotatable bonds is 13. The zero-order valence-corrected chi connectivity index (χ0v) is 18.9. The number of nitrogens with zero attached hydrogens (tertiary/aromatic N) is 2. The molecular weight excluding hydrogens is 461 g/mol. The van der Waals surface area contributed by atoms with Crippen LogP contribution in [0.1, 0.15) is 25.0 Å². The Balaban J connectivity index is 1.81. The molecule has 1 aromatic carbocycles. The van der Waals surface area contributed by atoms with Crippen LogP contribution in [-0.2, 0) is 30.0 Å². The first kappa shape index (κ1) is 27.4. The predicted octanol–water partition coefficient (Wildman–Crippen LogP) is 2.33. The molecule has 1 N–H and O–H groups in total. The maximum absolute atomic E-state index is 13.2. The first-order valence-corrected chi connectivity index (χ1v) is 10.5. The van der Waals surface area contributed by atoms with E-state index in [4.69, 9.17) is 29.3 Å². The highest BCUT2D eigenvalue weighted by atomic mass is 19.4. The fourth-order valence-electron chi connectivity index (χ4n) is 3.39. The number of benzene rings is 1. The van der Waals surface area contributed by atoms with Gasteiger partial charge >= 0.3 is 12.1 Å². The van der Waals surface area contributed by atoms with Crippen molar-refractivity contribution in [1.82, 2.24) is 4.90 Å². The number of nitriles is 1. The highest BCUT2D eigenvalue weighted by molar-refractivity contribution is 5.84. The summed E-state index contributed by atoms with van der Waals surface area (Å²) in [6.07, 6.45) is -5.71. The van der Waals surface area contributed by atoms with Crippen LogP contribution in [0.2, 0.25) is 0 Å². The number of likely N-dealkylation sites (tertiary alicyclic amines) is 1. The van der Waals surface area contributed by atoms with Crippen LogP contribution in [0.4, 0.5) is 13.2 Å². The van der Waals surface area contributed by atoms with E-state index < -0.39 is 34.8 Å². The van der Waals surface area contributed by atoms with Gasteiger partial charge in [-0.05, 0) is 18.2 Å². The summed E-state index contributed by atoms with van der Waals surface area (Å²) < 4.78 is 60.8. The number of hydrogen-bond donors (Lipinski definition) is 1. The first-order valence-electron chi connectivity index (χ1n) is 10.5. The number of carbonyl (C=O) groups is 2. The Morgan fingerprint density at radius 3 is 2.38 bits per heavy atom. The van der Waals surface area contributed by atoms with E-state index in [1.54, 1.807) is 13.8 Å². The Morgan fingerprint density at radius 2 is 1.79 bits per heavy atom. The van der Waals surface area contributed by atoms with E-state index in [2.05, 4.69) is 0 Å². The van der Waals surface area contributed by atoms with Crippen molar-refractivity contribution in [1.29, 1.82) is 5.26 Å². The van der Waals surface area contributed by atoms with Crippen molar-refractivity contribution >= 4 is 11.9 Å². The smallest absolute Gasteiger partial charge is 0.417 e. The SMILES string of the molecule is CC1(C)CN(CCOCCOCCOCC(=O)O)C(=O)C1Oc1ccc(C#N)c(C(F)(F)F)c1. The lowest BCUT2D eigenvalue weighted by molar-refractivity contribution is -0.143. The molecule has 1 atom stereocenters. The molecule has 1 fully saturated rings. The van der Waals surface area contributed by atoms with Crippen LogP contribution in [0.5, 0.6) is 5.75 Å². The lowest BCUT2D eigenvalue weighted by Gasteiger charge is -2.24. The molecule has 0 aliphatic carbocycles. The number of ether oxygens (including phenoxy) is 4. The van der Waals surface area contributed by atoms with Gasteiger partial charge in [0.05, 0.1) is 50.2 Å². The molecule has 0 saturated carbocycles. The Morgan fingerprint density at radius 1 is 1.18 bits per heavy atom. The quantitative estimate of drug-likeness (QED) is 0.421. The molecule has 1 saturated heterocycles. The van der Waals surface area contributed by atoms with Gasteiger partial charge in [0.2, 0.25) is 0 Å². The summed E-state index contributed by atoms with van der Waals surface area (Å²) in [6.45, 7) is 4.90. The van der Waals surface area contributed by atoms with Crippen LogP contribution in [0.3, 0.4) is 0 Å². The standard InChI is InChI=1S/C22H27F3N2O7/c1-21(2)14-27(5-6-31-7-8-32-9-10-33-13-18(28)29)20(30)19(21)34-16-4-3-15(12-26)17(11-16)22(23,24)25/h3-4,11,19H,5-10,13-14H2,1-2H3,(H,28,29). The molecule has 0 aromatic heterocycles. The molecule has 1 aliphatic rings. The molecule has 1 aromatic rings. The summed E-state index contributed by atoms with van der Waals surface area (Å²) in [5.74, 6) is -1.56. The third-order valence-electron chi connectivity index (χ3n) is 4.99. The summed E-state index contributed by atoms with van der Waals surface area (Å²) in [6, 6.07) is 4.51. The Bertz CT molecular complexity index is 899. The lowest BCUT2D eigenvalue weighted by atomic mass is 9.89. The van der Waals surface area contributed by atoms with E-state index in [1.807, 2.05) is 0 Å². The van der Waals surface area contributed by atoms with Crippen LogP contribution in [0.25, 0.3) is 0 Å². The number of halogens is 3. The molecular formula is C22H27F3N2O7. The molecule has 0 bridgehead atoms. The van der Waals surface area contributed by atoms with Gasteiger partial charge in [-0.3, -0.25) is 4.79 Å². The largest absolute Gasteiger partial charge is 0.480 e. The Kier molecular flexibility index (Phi) is 9.66. The van der Waals surface area contributed by atoms with Crippen LogP contribution in [-0.4, -0.2) is 80.7 Å². The number of carboxylic acids is 1. The molecule has 12 heteroatoms. The van der Waals surface area contributed by atoms with Crippen molar-refractivity contribution in [3.63, 3.8) is 0 Å². The van der Waals surface area contributed by atoms with Crippen molar-refractivity contribution in [2.75, 3.05) is 52.7 Å². The monoisotopic (exact) mass is 488 g/mol. The van der Waals surface area contributed by atoms with Gasteiger partial charge in [-0.2, -0.15) is 18.4 Å². The second-order valence-electron chi connectivity index (χ2n) is 8.23. The van der Waals surface area contributed by atoms with Crippen molar-refractivity contribution in [3.8, 4) is 11.8 Å². The number of carbonyl (C=O) groups excluding carboxylic acids is 1. The van der Waals surface area contributed by atoms with E-state index in [9.17, 15) is 22.8 Å². The van der Waals surface area contributed by atoms with Gasteiger partial charge in [0.15, 0.2) is 6.10 Å². The second kappa shape index (κ2) is 12.0. The minimum atomic E-state index is -4.72. The molecule has 188 valence electrons. The van der Waals surface area contributed by atoms with Crippen LogP contribution < -0.4 is 4.74 Å². The molecule has 1 heterocycles. The molecule has 0 radical (unpaired) electrons. The zero-order chi connectivity index (χ0) is 25.4. The van der Waals surface area contributed by atoms with Crippen LogP contribution in [0, 0.1) is 16.7 Å². The van der Waals surface area contributed by atoms with E-state index in [1.165, 1.54) is 17.0 Å². The first-order chi connectivity index (χ1) is 16.0. The van der Waals surface area contributed by atoms with Crippen molar-refractivity contribution < 1.29 is 46.8 Å². The maximum atomic E-state index is 13.2. The summed E-state index contributed by atoms with van der Waals surface area (Å²) >= 11 is 0. The topological polar surface area (TPSA) is 118 Å². The molecule has 0 spiro atoms. The van der Waals surface area contributed by atoms with Gasteiger partial charge in [-0.25, -0.2) is 4.79 Å². The molecule has 9 nitrogen and oxygen atoms in total. The Labute approximate surface area is 194 Å². The average Bonchev–Trinajstić information content (AvgIpc) is 2.97. The van der Waals surface area contributed by atoms with Gasteiger partial charge in [-0.1, -0.05) is 13.8 Å². The number of hydrogen-bond acceptors (Lipinski definition) is 7. The normalized spacial score (nSPS) is 17.6. The Hall–Kier alpha value is -2.88. The zero-order valence-electron chi connectivity index (χ0n) is 18.9. The summed E-state index contributed by atoms with van der Waals surface area (Å²) in [5, 5.41) is 17.4. The number of carboxylic acid groups (broad SMARTS) is 1. The summed E-state index contributed by atoms with van der Waals surface area (Å²) in [7, 11) is 0. The highest BCUT2D eigenvalue weighted by Gasteiger charge is 2.48. The molecule has 1 aliphatic heterocycles. The van der Waals surface area contributed by atoms with Crippen molar-refractivity contribution in [2.45, 2.75) is 26.1 Å². The van der Waals surface area contributed by atoms with E-state index in [-0.39, 0.29) is 57.8 Å². The minimum Gasteiger partial charge on any atom is -0.480 e. The minimum absolute atomic E-state index is 0.139. The van der Waals surface area contributed by atoms with E-state index >= 15 is 0 Å². The predicted molar refractivity (Wildman–Crippen MR) is 111 cm³/mol. The van der Waals surface area contributed by atoms with E-state index in [0.29, 0.717) is 6.54 Å².